The van der Waals surface area contributed by atoms with Gasteiger partial charge in [0.25, 0.3) is 0 Å². The van der Waals surface area contributed by atoms with Crippen molar-refractivity contribution in [3.05, 3.63) is 29.8 Å². The number of methoxy groups -OCH3 is 1. The van der Waals surface area contributed by atoms with E-state index >= 15 is 0 Å². The molecule has 0 aromatic heterocycles. The van der Waals surface area contributed by atoms with E-state index in [1.165, 1.54) is 0 Å². The largest absolute Gasteiger partial charge is 0.496 e. The second-order valence-corrected chi connectivity index (χ2v) is 5.36. The first-order valence-corrected chi connectivity index (χ1v) is 6.86. The van der Waals surface area contributed by atoms with Gasteiger partial charge in [-0.1, -0.05) is 32.0 Å². The Balaban J connectivity index is 2.75. The van der Waals surface area contributed by atoms with Crippen LogP contribution in [0.3, 0.4) is 0 Å². The van der Waals surface area contributed by atoms with E-state index in [1.54, 1.807) is 12.0 Å². The molecule has 0 aliphatic heterocycles. The third kappa shape index (κ3) is 4.27. The van der Waals surface area contributed by atoms with Crippen LogP contribution in [-0.4, -0.2) is 25.0 Å². The van der Waals surface area contributed by atoms with Crippen LogP contribution in [0.2, 0.25) is 0 Å². The van der Waals surface area contributed by atoms with Crippen molar-refractivity contribution < 1.29 is 9.53 Å². The minimum Gasteiger partial charge on any atom is -0.496 e. The van der Waals surface area contributed by atoms with E-state index in [9.17, 15) is 4.79 Å². The van der Waals surface area contributed by atoms with Crippen LogP contribution in [0.5, 0.6) is 5.75 Å². The maximum absolute atomic E-state index is 12.1. The van der Waals surface area contributed by atoms with Gasteiger partial charge in [0.05, 0.1) is 13.2 Å². The Hall–Kier alpha value is -1.51. The van der Waals surface area contributed by atoms with Crippen LogP contribution in [0.25, 0.3) is 0 Å². The molecule has 19 heavy (non-hydrogen) atoms. The number of hydrogen-bond acceptors (Lipinski definition) is 2. The lowest BCUT2D eigenvalue weighted by Crippen LogP contribution is -2.29. The van der Waals surface area contributed by atoms with E-state index in [1.807, 2.05) is 38.2 Å². The summed E-state index contributed by atoms with van der Waals surface area (Å²) in [4.78, 5) is 14.0. The Morgan fingerprint density at radius 1 is 1.26 bits per heavy atom. The van der Waals surface area contributed by atoms with Gasteiger partial charge in [0.15, 0.2) is 0 Å². The number of nitrogens with zero attached hydrogens (tertiary/aromatic N) is 1. The molecule has 3 nitrogen and oxygen atoms in total. The summed E-state index contributed by atoms with van der Waals surface area (Å²) in [6.07, 6.45) is 1.54. The summed E-state index contributed by atoms with van der Waals surface area (Å²) in [6, 6.07) is 7.88. The minimum absolute atomic E-state index is 0.0239. The van der Waals surface area contributed by atoms with Crippen LogP contribution in [0.1, 0.15) is 45.2 Å². The fraction of sp³-hybridized carbons (Fsp3) is 0.562. The lowest BCUT2D eigenvalue weighted by Gasteiger charge is -2.27. The zero-order valence-electron chi connectivity index (χ0n) is 12.6. The van der Waals surface area contributed by atoms with Gasteiger partial charge >= 0.3 is 0 Å². The highest BCUT2D eigenvalue weighted by Crippen LogP contribution is 2.28. The second kappa shape index (κ2) is 7.17. The first-order valence-electron chi connectivity index (χ1n) is 6.86. The molecular formula is C16H25NO2. The molecule has 0 saturated heterocycles. The highest BCUT2D eigenvalue weighted by molar-refractivity contribution is 5.76. The predicted octanol–water partition coefficient (Wildman–Crippen LogP) is 3.65. The van der Waals surface area contributed by atoms with Crippen LogP contribution in [-0.2, 0) is 4.79 Å². The molecule has 0 bridgehead atoms. The quantitative estimate of drug-likeness (QED) is 0.784. The first-order chi connectivity index (χ1) is 8.97. The monoisotopic (exact) mass is 263 g/mol. The van der Waals surface area contributed by atoms with Crippen LogP contribution < -0.4 is 4.74 Å². The number of para-hydroxylation sites is 1. The molecular weight excluding hydrogens is 238 g/mol. The molecule has 1 aromatic carbocycles. The summed E-state index contributed by atoms with van der Waals surface area (Å²) >= 11 is 0. The molecule has 1 unspecified atom stereocenters. The van der Waals surface area contributed by atoms with E-state index in [4.69, 9.17) is 4.74 Å². The van der Waals surface area contributed by atoms with Gasteiger partial charge in [-0.15, -0.1) is 0 Å². The Morgan fingerprint density at radius 2 is 1.89 bits per heavy atom. The molecule has 0 fully saturated rings. The molecule has 0 aliphatic rings. The van der Waals surface area contributed by atoms with E-state index in [2.05, 4.69) is 13.8 Å². The molecule has 1 atom stereocenters. The SMILES string of the molecule is COc1ccccc1C(C)N(C)C(=O)CCC(C)C. The Labute approximate surface area is 116 Å². The number of ether oxygens (including phenoxy) is 1. The number of rotatable bonds is 6. The Morgan fingerprint density at radius 3 is 2.47 bits per heavy atom. The van der Waals surface area contributed by atoms with Crippen LogP contribution in [0.15, 0.2) is 24.3 Å². The molecule has 1 aromatic rings. The van der Waals surface area contributed by atoms with Crippen molar-refractivity contribution in [3.8, 4) is 5.75 Å². The summed E-state index contributed by atoms with van der Waals surface area (Å²) in [6.45, 7) is 6.30. The van der Waals surface area contributed by atoms with Crippen LogP contribution >= 0.6 is 0 Å². The number of carbonyl (C=O) groups is 1. The van der Waals surface area contributed by atoms with Crippen molar-refractivity contribution in [2.24, 2.45) is 5.92 Å². The number of benzene rings is 1. The maximum Gasteiger partial charge on any atom is 0.222 e. The topological polar surface area (TPSA) is 29.5 Å². The molecule has 0 radical (unpaired) electrons. The molecule has 0 spiro atoms. The zero-order chi connectivity index (χ0) is 14.4. The van der Waals surface area contributed by atoms with Gasteiger partial charge in [-0.2, -0.15) is 0 Å². The fourth-order valence-corrected chi connectivity index (χ4v) is 2.02. The minimum atomic E-state index is 0.0239. The van der Waals surface area contributed by atoms with Gasteiger partial charge in [0, 0.05) is 19.0 Å². The van der Waals surface area contributed by atoms with Crippen LogP contribution in [0, 0.1) is 5.92 Å². The summed E-state index contributed by atoms with van der Waals surface area (Å²) in [5, 5.41) is 0. The van der Waals surface area contributed by atoms with Gasteiger partial charge in [0.2, 0.25) is 5.91 Å². The van der Waals surface area contributed by atoms with Crippen molar-refractivity contribution in [1.29, 1.82) is 0 Å². The van der Waals surface area contributed by atoms with Crippen molar-refractivity contribution >= 4 is 5.91 Å². The zero-order valence-corrected chi connectivity index (χ0v) is 12.6. The van der Waals surface area contributed by atoms with Crippen molar-refractivity contribution in [3.63, 3.8) is 0 Å². The summed E-state index contributed by atoms with van der Waals surface area (Å²) < 4.78 is 5.36. The van der Waals surface area contributed by atoms with E-state index in [0.717, 1.165) is 17.7 Å². The summed E-state index contributed by atoms with van der Waals surface area (Å²) in [7, 11) is 3.52. The molecule has 1 amide bonds. The highest BCUT2D eigenvalue weighted by Gasteiger charge is 2.19. The Kier molecular flexibility index (Phi) is 5.87. The number of amides is 1. The average Bonchev–Trinajstić information content (AvgIpc) is 2.42. The van der Waals surface area contributed by atoms with Gasteiger partial charge in [-0.05, 0) is 25.3 Å². The molecule has 1 rings (SSSR count). The van der Waals surface area contributed by atoms with Crippen molar-refractivity contribution in [2.75, 3.05) is 14.2 Å². The van der Waals surface area contributed by atoms with Crippen molar-refractivity contribution in [1.82, 2.24) is 4.90 Å². The lowest BCUT2D eigenvalue weighted by molar-refractivity contribution is -0.132. The average molecular weight is 263 g/mol. The van der Waals surface area contributed by atoms with Gasteiger partial charge < -0.3 is 9.64 Å². The molecule has 3 heteroatoms. The van der Waals surface area contributed by atoms with Crippen molar-refractivity contribution in [2.45, 2.75) is 39.7 Å². The van der Waals surface area contributed by atoms with E-state index in [0.29, 0.717) is 12.3 Å². The molecule has 0 N–H and O–H groups in total. The van der Waals surface area contributed by atoms with E-state index < -0.39 is 0 Å². The van der Waals surface area contributed by atoms with Crippen LogP contribution in [0.4, 0.5) is 0 Å². The van der Waals surface area contributed by atoms with E-state index in [-0.39, 0.29) is 11.9 Å². The number of carbonyl (C=O) groups excluding carboxylic acids is 1. The molecule has 0 heterocycles. The lowest BCUT2D eigenvalue weighted by atomic mass is 10.0. The maximum atomic E-state index is 12.1. The third-order valence-electron chi connectivity index (χ3n) is 3.50. The normalized spacial score (nSPS) is 12.3. The summed E-state index contributed by atoms with van der Waals surface area (Å²) in [5.41, 5.74) is 1.05. The first kappa shape index (κ1) is 15.5. The molecule has 106 valence electrons. The smallest absolute Gasteiger partial charge is 0.222 e. The number of hydrogen-bond donors (Lipinski definition) is 0. The van der Waals surface area contributed by atoms with Gasteiger partial charge in [-0.3, -0.25) is 4.79 Å². The standard InChI is InChI=1S/C16H25NO2/c1-12(2)10-11-16(18)17(4)13(3)14-8-6-7-9-15(14)19-5/h6-9,12-13H,10-11H2,1-5H3. The van der Waals surface area contributed by atoms with Gasteiger partial charge in [0.1, 0.15) is 5.75 Å². The molecule has 0 aliphatic carbocycles. The third-order valence-corrected chi connectivity index (χ3v) is 3.50. The fourth-order valence-electron chi connectivity index (χ4n) is 2.02. The summed E-state index contributed by atoms with van der Waals surface area (Å²) in [5.74, 6) is 1.57. The van der Waals surface area contributed by atoms with Gasteiger partial charge in [-0.25, -0.2) is 0 Å². The molecule has 0 saturated carbocycles. The second-order valence-electron chi connectivity index (χ2n) is 5.36. The highest BCUT2D eigenvalue weighted by atomic mass is 16.5. The Bertz CT molecular complexity index is 415. The predicted molar refractivity (Wildman–Crippen MR) is 78.3 cm³/mol.